The average Bonchev–Trinajstić information content (AvgIpc) is 3.83. The molecule has 1 aliphatic rings. The SMILES string of the molecule is CS1(C)c2cc(N(c3cccc(-c4cccc5ccccc45)c3)c3cccc4c3sc3ccccc34)ccc2-c2c1ccc1c2sc2ccccc21. The lowest BCUT2D eigenvalue weighted by atomic mass is 9.97. The number of nitrogens with zero attached hydrogens (tertiary/aromatic N) is 1. The van der Waals surface area contributed by atoms with Crippen LogP contribution in [0, 0.1) is 0 Å². The first-order valence-corrected chi connectivity index (χ1v) is 21.7. The zero-order chi connectivity index (χ0) is 34.6. The van der Waals surface area contributed by atoms with Crippen LogP contribution >= 0.6 is 32.7 Å². The number of rotatable bonds is 4. The van der Waals surface area contributed by atoms with Crippen LogP contribution in [0.4, 0.5) is 17.1 Å². The molecule has 248 valence electrons. The fourth-order valence-electron chi connectivity index (χ4n) is 8.47. The zero-order valence-corrected chi connectivity index (χ0v) is 31.2. The molecule has 0 saturated carbocycles. The lowest BCUT2D eigenvalue weighted by Crippen LogP contribution is -2.10. The molecule has 2 aromatic heterocycles. The summed E-state index contributed by atoms with van der Waals surface area (Å²) in [7, 11) is -1.27. The number of thiophene rings is 2. The van der Waals surface area contributed by atoms with E-state index in [1.165, 1.54) is 94.5 Å². The smallest absolute Gasteiger partial charge is 0.0640 e. The summed E-state index contributed by atoms with van der Waals surface area (Å²) >= 11 is 3.84. The van der Waals surface area contributed by atoms with Crippen LogP contribution in [-0.4, -0.2) is 12.5 Å². The average molecular weight is 720 g/mol. The molecule has 0 spiro atoms. The van der Waals surface area contributed by atoms with Gasteiger partial charge < -0.3 is 4.90 Å². The quantitative estimate of drug-likeness (QED) is 0.175. The van der Waals surface area contributed by atoms with Gasteiger partial charge in [-0.2, -0.15) is 10.0 Å². The molecule has 1 aliphatic heterocycles. The molecular weight excluding hydrogens is 687 g/mol. The Hall–Kier alpha value is -5.39. The number of fused-ring (bicyclic) bond motifs is 11. The van der Waals surface area contributed by atoms with Crippen molar-refractivity contribution in [3.8, 4) is 22.3 Å². The molecule has 0 fully saturated rings. The first-order chi connectivity index (χ1) is 25.5. The lowest BCUT2D eigenvalue weighted by Gasteiger charge is -2.31. The van der Waals surface area contributed by atoms with Crippen LogP contribution in [0.1, 0.15) is 0 Å². The van der Waals surface area contributed by atoms with Crippen molar-refractivity contribution in [1.82, 2.24) is 0 Å². The Morgan fingerprint density at radius 3 is 1.90 bits per heavy atom. The molecule has 3 heterocycles. The van der Waals surface area contributed by atoms with Gasteiger partial charge in [0, 0.05) is 62.4 Å². The van der Waals surface area contributed by atoms with Gasteiger partial charge in [0.15, 0.2) is 0 Å². The molecule has 0 N–H and O–H groups in total. The van der Waals surface area contributed by atoms with E-state index in [0.717, 1.165) is 5.69 Å². The van der Waals surface area contributed by atoms with Crippen LogP contribution in [-0.2, 0) is 0 Å². The van der Waals surface area contributed by atoms with Crippen molar-refractivity contribution < 1.29 is 0 Å². The Morgan fingerprint density at radius 2 is 1.08 bits per heavy atom. The molecule has 4 heteroatoms. The summed E-state index contributed by atoms with van der Waals surface area (Å²) in [4.78, 5) is 5.47. The standard InChI is InChI=1S/C48H33NS3/c1-52(2)44-27-26-39-37-18-6-8-23-43(37)51-48(39)46(44)40-25-24-33(29-45(40)52)49(41-21-11-20-38-36-17-5-7-22-42(36)50-47(38)41)32-15-9-14-31(28-32)35-19-10-13-30-12-3-4-16-34(30)35/h3-29H,1-2H3. The first kappa shape index (κ1) is 30.3. The summed E-state index contributed by atoms with van der Waals surface area (Å²) in [5.74, 6) is 0. The van der Waals surface area contributed by atoms with Crippen LogP contribution in [0.25, 0.3) is 73.4 Å². The number of anilines is 3. The minimum atomic E-state index is -1.27. The van der Waals surface area contributed by atoms with E-state index in [1.807, 2.05) is 22.7 Å². The van der Waals surface area contributed by atoms with Crippen LogP contribution in [0.15, 0.2) is 174 Å². The summed E-state index contributed by atoms with van der Waals surface area (Å²) in [6.45, 7) is 0. The van der Waals surface area contributed by atoms with Crippen molar-refractivity contribution in [3.63, 3.8) is 0 Å². The number of benzene rings is 8. The summed E-state index contributed by atoms with van der Waals surface area (Å²) < 4.78 is 5.40. The molecule has 11 rings (SSSR count). The van der Waals surface area contributed by atoms with E-state index in [-0.39, 0.29) is 0 Å². The summed E-state index contributed by atoms with van der Waals surface area (Å²) in [5, 5.41) is 7.88. The zero-order valence-electron chi connectivity index (χ0n) is 28.8. The molecule has 0 amide bonds. The highest BCUT2D eigenvalue weighted by atomic mass is 32.3. The Balaban J connectivity index is 1.15. The first-order valence-electron chi connectivity index (χ1n) is 17.7. The molecule has 0 aliphatic carbocycles. The molecule has 10 aromatic rings. The van der Waals surface area contributed by atoms with Gasteiger partial charge in [0.25, 0.3) is 0 Å². The Bertz CT molecular complexity index is 3070. The minimum Gasteiger partial charge on any atom is -0.309 e. The normalized spacial score (nSPS) is 14.0. The van der Waals surface area contributed by atoms with Crippen molar-refractivity contribution in [2.45, 2.75) is 9.79 Å². The summed E-state index contributed by atoms with van der Waals surface area (Å²) in [6, 6.07) is 61.1. The third-order valence-corrected chi connectivity index (χ3v) is 16.2. The highest BCUT2D eigenvalue weighted by Crippen LogP contribution is 2.69. The van der Waals surface area contributed by atoms with Gasteiger partial charge >= 0.3 is 0 Å². The second kappa shape index (κ2) is 11.3. The van der Waals surface area contributed by atoms with Gasteiger partial charge in [-0.1, -0.05) is 115 Å². The topological polar surface area (TPSA) is 3.24 Å². The lowest BCUT2D eigenvalue weighted by molar-refractivity contribution is 1.28. The third kappa shape index (κ3) is 4.35. The fourth-order valence-corrected chi connectivity index (χ4v) is 13.5. The highest BCUT2D eigenvalue weighted by molar-refractivity contribution is 8.33. The highest BCUT2D eigenvalue weighted by Gasteiger charge is 2.35. The number of hydrogen-bond acceptors (Lipinski definition) is 3. The van der Waals surface area contributed by atoms with E-state index in [4.69, 9.17) is 0 Å². The van der Waals surface area contributed by atoms with Crippen molar-refractivity contribution in [2.75, 3.05) is 17.4 Å². The van der Waals surface area contributed by atoms with E-state index < -0.39 is 10.0 Å². The largest absolute Gasteiger partial charge is 0.309 e. The second-order valence-electron chi connectivity index (χ2n) is 14.1. The predicted molar refractivity (Wildman–Crippen MR) is 231 cm³/mol. The Labute approximate surface area is 312 Å². The maximum atomic E-state index is 2.51. The van der Waals surface area contributed by atoms with E-state index in [1.54, 1.807) is 0 Å². The maximum absolute atomic E-state index is 2.51. The molecule has 8 aromatic carbocycles. The second-order valence-corrected chi connectivity index (χ2v) is 19.7. The summed E-state index contributed by atoms with van der Waals surface area (Å²) in [5.41, 5.74) is 8.86. The van der Waals surface area contributed by atoms with Crippen LogP contribution < -0.4 is 4.90 Å². The van der Waals surface area contributed by atoms with Gasteiger partial charge in [-0.05, 0) is 88.5 Å². The van der Waals surface area contributed by atoms with Crippen LogP contribution in [0.5, 0.6) is 0 Å². The van der Waals surface area contributed by atoms with Crippen molar-refractivity contribution in [2.24, 2.45) is 0 Å². The van der Waals surface area contributed by atoms with E-state index in [0.29, 0.717) is 0 Å². The van der Waals surface area contributed by atoms with Crippen LogP contribution in [0.3, 0.4) is 0 Å². The van der Waals surface area contributed by atoms with Gasteiger partial charge in [-0.15, -0.1) is 22.7 Å². The molecule has 0 atom stereocenters. The molecule has 0 radical (unpaired) electrons. The van der Waals surface area contributed by atoms with Crippen molar-refractivity contribution in [1.29, 1.82) is 0 Å². The van der Waals surface area contributed by atoms with Gasteiger partial charge in [0.2, 0.25) is 0 Å². The van der Waals surface area contributed by atoms with Crippen molar-refractivity contribution in [3.05, 3.63) is 164 Å². The molecule has 0 bridgehead atoms. The fraction of sp³-hybridized carbons (Fsp3) is 0.0417. The number of hydrogen-bond donors (Lipinski definition) is 0. The predicted octanol–water partition coefficient (Wildman–Crippen LogP) is 15.2. The van der Waals surface area contributed by atoms with Gasteiger partial charge in [0.1, 0.15) is 0 Å². The summed E-state index contributed by atoms with van der Waals surface area (Å²) in [6.07, 6.45) is 4.97. The Morgan fingerprint density at radius 1 is 0.442 bits per heavy atom. The minimum absolute atomic E-state index is 1.16. The maximum Gasteiger partial charge on any atom is 0.0640 e. The molecule has 1 nitrogen and oxygen atoms in total. The van der Waals surface area contributed by atoms with Gasteiger partial charge in [-0.25, -0.2) is 0 Å². The monoisotopic (exact) mass is 719 g/mol. The molecular formula is C48H33NS3. The van der Waals surface area contributed by atoms with E-state index in [9.17, 15) is 0 Å². The van der Waals surface area contributed by atoms with Crippen molar-refractivity contribution >= 4 is 101 Å². The molecule has 0 saturated heterocycles. The Kier molecular flexibility index (Phi) is 6.58. The van der Waals surface area contributed by atoms with Gasteiger partial charge in [0.05, 0.1) is 10.4 Å². The molecule has 52 heavy (non-hydrogen) atoms. The van der Waals surface area contributed by atoms with E-state index in [2.05, 4.69) is 181 Å². The van der Waals surface area contributed by atoms with Crippen LogP contribution in [0.2, 0.25) is 0 Å². The molecule has 0 unspecified atom stereocenters. The van der Waals surface area contributed by atoms with Gasteiger partial charge in [-0.3, -0.25) is 0 Å². The third-order valence-electron chi connectivity index (χ3n) is 10.9. The van der Waals surface area contributed by atoms with E-state index >= 15 is 0 Å².